The number of nitrogens with zero attached hydrogens (tertiary/aromatic N) is 2. The first-order valence-electron chi connectivity index (χ1n) is 8.83. The normalized spacial score (nSPS) is 13.9. The molecule has 0 bridgehead atoms. The largest absolute Gasteiger partial charge is 0.353 e. The summed E-state index contributed by atoms with van der Waals surface area (Å²) in [7, 11) is 0. The zero-order valence-corrected chi connectivity index (χ0v) is 17.4. The van der Waals surface area contributed by atoms with Crippen molar-refractivity contribution in [3.05, 3.63) is 63.6 Å². The minimum absolute atomic E-state index is 0.0232. The van der Waals surface area contributed by atoms with Crippen molar-refractivity contribution >= 4 is 57.9 Å². The molecule has 1 fully saturated rings. The summed E-state index contributed by atoms with van der Waals surface area (Å²) in [6.45, 7) is 1.58. The molecular formula is C20H16Cl2N4O2S. The fraction of sp³-hybridized carbons (Fsp3) is 0.150. The van der Waals surface area contributed by atoms with Crippen LogP contribution in [0.4, 0.5) is 11.5 Å². The number of carbonyl (C=O) groups excluding carboxylic acids is 2. The van der Waals surface area contributed by atoms with Gasteiger partial charge in [-0.3, -0.25) is 9.59 Å². The molecule has 1 aliphatic rings. The smallest absolute Gasteiger partial charge is 0.265 e. The second kappa shape index (κ2) is 8.41. The highest BCUT2D eigenvalue weighted by atomic mass is 35.5. The minimum Gasteiger partial charge on any atom is -0.353 e. The van der Waals surface area contributed by atoms with E-state index in [1.54, 1.807) is 30.5 Å². The van der Waals surface area contributed by atoms with Crippen molar-refractivity contribution in [1.29, 1.82) is 0 Å². The van der Waals surface area contributed by atoms with Crippen molar-refractivity contribution in [1.82, 2.24) is 10.3 Å². The number of amides is 2. The van der Waals surface area contributed by atoms with E-state index >= 15 is 0 Å². The second-order valence-electron chi connectivity index (χ2n) is 6.45. The third kappa shape index (κ3) is 4.70. The number of aromatic nitrogens is 1. The number of piperazine rings is 1. The van der Waals surface area contributed by atoms with Gasteiger partial charge >= 0.3 is 0 Å². The molecule has 29 heavy (non-hydrogen) atoms. The summed E-state index contributed by atoms with van der Waals surface area (Å²) in [5.41, 5.74) is 1.45. The Morgan fingerprint density at radius 1 is 1.14 bits per heavy atom. The first-order valence-corrected chi connectivity index (χ1v) is 10.4. The fourth-order valence-corrected chi connectivity index (χ4v) is 4.40. The Morgan fingerprint density at radius 3 is 2.62 bits per heavy atom. The van der Waals surface area contributed by atoms with Gasteiger partial charge in [-0.15, -0.1) is 11.3 Å². The lowest BCUT2D eigenvalue weighted by Crippen LogP contribution is -2.48. The van der Waals surface area contributed by atoms with E-state index in [4.69, 9.17) is 23.2 Å². The maximum absolute atomic E-state index is 12.6. The third-order valence-electron chi connectivity index (χ3n) is 4.34. The van der Waals surface area contributed by atoms with E-state index in [1.165, 1.54) is 11.3 Å². The predicted octanol–water partition coefficient (Wildman–Crippen LogP) is 4.31. The molecule has 0 unspecified atom stereocenters. The van der Waals surface area contributed by atoms with Crippen LogP contribution in [0, 0.1) is 0 Å². The van der Waals surface area contributed by atoms with Crippen LogP contribution >= 0.6 is 34.5 Å². The van der Waals surface area contributed by atoms with Crippen molar-refractivity contribution in [2.75, 3.05) is 29.9 Å². The van der Waals surface area contributed by atoms with Gasteiger partial charge in [0.25, 0.3) is 5.91 Å². The van der Waals surface area contributed by atoms with Crippen LogP contribution in [-0.4, -0.2) is 36.4 Å². The molecule has 1 saturated heterocycles. The average Bonchev–Trinajstić information content (AvgIpc) is 3.18. The molecule has 0 radical (unpaired) electrons. The van der Waals surface area contributed by atoms with Gasteiger partial charge in [0, 0.05) is 28.0 Å². The Hall–Kier alpha value is -2.61. The monoisotopic (exact) mass is 446 g/mol. The molecule has 1 aliphatic heterocycles. The highest BCUT2D eigenvalue weighted by molar-refractivity contribution is 7.17. The molecular weight excluding hydrogens is 431 g/mol. The number of hydrogen-bond acceptors (Lipinski definition) is 5. The number of rotatable bonds is 4. The van der Waals surface area contributed by atoms with Gasteiger partial charge < -0.3 is 15.5 Å². The summed E-state index contributed by atoms with van der Waals surface area (Å²) in [6.07, 6.45) is 1.59. The predicted molar refractivity (Wildman–Crippen MR) is 117 cm³/mol. The maximum atomic E-state index is 12.6. The molecule has 1 aromatic carbocycles. The number of hydrogen-bond donors (Lipinski definition) is 2. The molecule has 6 nitrogen and oxygen atoms in total. The molecule has 2 N–H and O–H groups in total. The Bertz CT molecular complexity index is 1050. The fourth-order valence-electron chi connectivity index (χ4n) is 2.99. The number of pyridine rings is 1. The van der Waals surface area contributed by atoms with Crippen molar-refractivity contribution in [3.63, 3.8) is 0 Å². The average molecular weight is 447 g/mol. The summed E-state index contributed by atoms with van der Waals surface area (Å²) in [6, 6.07) is 12.5. The van der Waals surface area contributed by atoms with E-state index in [9.17, 15) is 9.59 Å². The van der Waals surface area contributed by atoms with Gasteiger partial charge in [-0.25, -0.2) is 4.98 Å². The standard InChI is InChI=1S/C20H16Cl2N4O2S/c21-13-7-12(8-14(22)9-13)16-2-3-17(29-16)20(28)25-15-1-4-18(24-10-15)26-6-5-23-19(27)11-26/h1-4,7-10H,5-6,11H2,(H,23,27)(H,25,28). The molecule has 0 aliphatic carbocycles. The number of thiophene rings is 1. The summed E-state index contributed by atoms with van der Waals surface area (Å²) in [5.74, 6) is 0.459. The molecule has 148 valence electrons. The van der Waals surface area contributed by atoms with E-state index in [2.05, 4.69) is 15.6 Å². The third-order valence-corrected chi connectivity index (χ3v) is 5.91. The van der Waals surface area contributed by atoms with Crippen LogP contribution in [0.2, 0.25) is 10.0 Å². The van der Waals surface area contributed by atoms with Crippen molar-refractivity contribution in [2.45, 2.75) is 0 Å². The second-order valence-corrected chi connectivity index (χ2v) is 8.41. The molecule has 3 heterocycles. The van der Waals surface area contributed by atoms with E-state index in [-0.39, 0.29) is 18.4 Å². The van der Waals surface area contributed by atoms with Crippen LogP contribution in [0.5, 0.6) is 0 Å². The van der Waals surface area contributed by atoms with Gasteiger partial charge in [-0.1, -0.05) is 23.2 Å². The van der Waals surface area contributed by atoms with Crippen molar-refractivity contribution in [2.24, 2.45) is 0 Å². The Morgan fingerprint density at radius 2 is 1.93 bits per heavy atom. The van der Waals surface area contributed by atoms with Gasteiger partial charge in [0.1, 0.15) is 5.82 Å². The molecule has 2 amide bonds. The first kappa shape index (κ1) is 19.7. The molecule has 0 atom stereocenters. The van der Waals surface area contributed by atoms with Crippen LogP contribution in [0.3, 0.4) is 0 Å². The summed E-state index contributed by atoms with van der Waals surface area (Å²) in [4.78, 5) is 31.8. The number of carbonyl (C=O) groups is 2. The van der Waals surface area contributed by atoms with E-state index in [1.807, 2.05) is 23.1 Å². The van der Waals surface area contributed by atoms with Crippen LogP contribution in [0.1, 0.15) is 9.67 Å². The zero-order chi connectivity index (χ0) is 20.4. The Balaban J connectivity index is 1.44. The number of benzene rings is 1. The SMILES string of the molecule is O=C1CN(c2ccc(NC(=O)c3ccc(-c4cc(Cl)cc(Cl)c4)s3)cn2)CCN1. The lowest BCUT2D eigenvalue weighted by molar-refractivity contribution is -0.120. The minimum atomic E-state index is -0.221. The quantitative estimate of drug-likeness (QED) is 0.626. The van der Waals surface area contributed by atoms with Crippen molar-refractivity contribution in [3.8, 4) is 10.4 Å². The molecule has 3 aromatic rings. The van der Waals surface area contributed by atoms with Gasteiger partial charge in [-0.2, -0.15) is 0 Å². The highest BCUT2D eigenvalue weighted by Crippen LogP contribution is 2.32. The summed E-state index contributed by atoms with van der Waals surface area (Å²) in [5, 5.41) is 6.71. The first-order chi connectivity index (χ1) is 14.0. The van der Waals surface area contributed by atoms with Crippen LogP contribution in [0.25, 0.3) is 10.4 Å². The topological polar surface area (TPSA) is 74.3 Å². The Kier molecular flexibility index (Phi) is 5.71. The molecule has 9 heteroatoms. The highest BCUT2D eigenvalue weighted by Gasteiger charge is 2.17. The number of halogens is 2. The van der Waals surface area contributed by atoms with Gasteiger partial charge in [0.2, 0.25) is 5.91 Å². The van der Waals surface area contributed by atoms with Crippen LogP contribution in [0.15, 0.2) is 48.7 Å². The molecule has 2 aromatic heterocycles. The summed E-state index contributed by atoms with van der Waals surface area (Å²) >= 11 is 13.5. The van der Waals surface area contributed by atoms with E-state index in [0.717, 1.165) is 10.4 Å². The molecule has 0 spiro atoms. The molecule has 0 saturated carbocycles. The number of anilines is 2. The van der Waals surface area contributed by atoms with Crippen LogP contribution in [-0.2, 0) is 4.79 Å². The van der Waals surface area contributed by atoms with Crippen molar-refractivity contribution < 1.29 is 9.59 Å². The lowest BCUT2D eigenvalue weighted by atomic mass is 10.2. The van der Waals surface area contributed by atoms with Gasteiger partial charge in [0.05, 0.1) is 23.3 Å². The van der Waals surface area contributed by atoms with Gasteiger partial charge in [0.15, 0.2) is 0 Å². The van der Waals surface area contributed by atoms with Gasteiger partial charge in [-0.05, 0) is 48.0 Å². The lowest BCUT2D eigenvalue weighted by Gasteiger charge is -2.27. The van der Waals surface area contributed by atoms with Crippen LogP contribution < -0.4 is 15.5 Å². The van der Waals surface area contributed by atoms with E-state index in [0.29, 0.717) is 39.5 Å². The maximum Gasteiger partial charge on any atom is 0.265 e. The zero-order valence-electron chi connectivity index (χ0n) is 15.1. The summed E-state index contributed by atoms with van der Waals surface area (Å²) < 4.78 is 0. The number of nitrogens with one attached hydrogen (secondary N) is 2. The molecule has 4 rings (SSSR count). The Labute approximate surface area is 181 Å². The van der Waals surface area contributed by atoms with E-state index < -0.39 is 0 Å².